The highest BCUT2D eigenvalue weighted by Crippen LogP contribution is 2.41. The minimum atomic E-state index is -2.87. The van der Waals surface area contributed by atoms with Crippen LogP contribution in [-0.4, -0.2) is 0 Å². The Morgan fingerprint density at radius 3 is 2.05 bits per heavy atom. The first kappa shape index (κ1) is 15.8. The second-order valence-corrected chi connectivity index (χ2v) is 5.45. The number of halogens is 7. The van der Waals surface area contributed by atoms with Gasteiger partial charge in [-0.1, -0.05) is 52.5 Å². The summed E-state index contributed by atoms with van der Waals surface area (Å²) < 4.78 is 39.2. The van der Waals surface area contributed by atoms with Gasteiger partial charge in [0, 0.05) is 16.7 Å². The Morgan fingerprint density at radius 2 is 1.45 bits per heavy atom. The smallest absolute Gasteiger partial charge is 0.206 e. The number of hydrogen-bond acceptors (Lipinski definition) is 0. The number of hydrogen-bond donors (Lipinski definition) is 0. The van der Waals surface area contributed by atoms with Crippen LogP contribution in [0.2, 0.25) is 20.1 Å². The molecular formula is C13H5Cl4F3. The zero-order valence-electron chi connectivity index (χ0n) is 9.53. The predicted octanol–water partition coefficient (Wildman–Crippen LogP) is 7.04. The molecule has 0 amide bonds. The van der Waals surface area contributed by atoms with Crippen LogP contribution in [0.4, 0.5) is 13.2 Å². The number of alkyl halides is 2. The van der Waals surface area contributed by atoms with Gasteiger partial charge in [-0.2, -0.15) is 0 Å². The molecule has 7 heteroatoms. The summed E-state index contributed by atoms with van der Waals surface area (Å²) in [6.45, 7) is 0. The molecule has 2 rings (SSSR count). The summed E-state index contributed by atoms with van der Waals surface area (Å²) >= 11 is 23.3. The van der Waals surface area contributed by atoms with Gasteiger partial charge in [0.1, 0.15) is 5.82 Å². The van der Waals surface area contributed by atoms with Gasteiger partial charge in [0.25, 0.3) is 6.43 Å². The van der Waals surface area contributed by atoms with E-state index >= 15 is 0 Å². The number of benzene rings is 2. The van der Waals surface area contributed by atoms with Crippen molar-refractivity contribution in [3.05, 3.63) is 55.7 Å². The lowest BCUT2D eigenvalue weighted by Crippen LogP contribution is -1.93. The van der Waals surface area contributed by atoms with E-state index in [1.54, 1.807) is 0 Å². The minimum Gasteiger partial charge on any atom is -0.206 e. The fourth-order valence-electron chi connectivity index (χ4n) is 1.67. The van der Waals surface area contributed by atoms with Crippen LogP contribution in [0.5, 0.6) is 0 Å². The fourth-order valence-corrected chi connectivity index (χ4v) is 2.55. The molecule has 0 N–H and O–H groups in total. The Hall–Kier alpha value is -0.610. The lowest BCUT2D eigenvalue weighted by molar-refractivity contribution is 0.151. The molecule has 0 spiro atoms. The molecule has 0 aliphatic heterocycles. The van der Waals surface area contributed by atoms with Crippen molar-refractivity contribution in [2.24, 2.45) is 0 Å². The van der Waals surface area contributed by atoms with E-state index in [-0.39, 0.29) is 31.2 Å². The van der Waals surface area contributed by atoms with Crippen molar-refractivity contribution < 1.29 is 13.2 Å². The minimum absolute atomic E-state index is 0.0250. The van der Waals surface area contributed by atoms with Gasteiger partial charge in [-0.3, -0.25) is 0 Å². The van der Waals surface area contributed by atoms with Crippen molar-refractivity contribution in [1.82, 2.24) is 0 Å². The Labute approximate surface area is 133 Å². The van der Waals surface area contributed by atoms with E-state index in [9.17, 15) is 13.2 Å². The molecule has 0 nitrogen and oxygen atoms in total. The molecule has 0 aliphatic rings. The van der Waals surface area contributed by atoms with Crippen molar-refractivity contribution >= 4 is 46.4 Å². The molecule has 20 heavy (non-hydrogen) atoms. The zero-order valence-corrected chi connectivity index (χ0v) is 12.6. The van der Waals surface area contributed by atoms with E-state index in [2.05, 4.69) is 0 Å². The monoisotopic (exact) mass is 358 g/mol. The van der Waals surface area contributed by atoms with Crippen LogP contribution in [0, 0.1) is 5.82 Å². The van der Waals surface area contributed by atoms with Crippen molar-refractivity contribution in [3.63, 3.8) is 0 Å². The molecule has 0 aliphatic carbocycles. The Bertz CT molecular complexity index is 671. The summed E-state index contributed by atoms with van der Waals surface area (Å²) in [7, 11) is 0. The van der Waals surface area contributed by atoms with Crippen molar-refractivity contribution in [3.8, 4) is 11.1 Å². The maximum atomic E-state index is 14.0. The molecule has 0 fully saturated rings. The number of rotatable bonds is 2. The van der Waals surface area contributed by atoms with Crippen LogP contribution in [0.1, 0.15) is 12.0 Å². The summed E-state index contributed by atoms with van der Waals surface area (Å²) in [4.78, 5) is 0. The van der Waals surface area contributed by atoms with Gasteiger partial charge in [-0.15, -0.1) is 0 Å². The van der Waals surface area contributed by atoms with Crippen LogP contribution >= 0.6 is 46.4 Å². The van der Waals surface area contributed by atoms with Gasteiger partial charge in [-0.05, 0) is 18.2 Å². The highest BCUT2D eigenvalue weighted by Gasteiger charge is 2.19. The van der Waals surface area contributed by atoms with Crippen molar-refractivity contribution in [2.75, 3.05) is 0 Å². The molecule has 0 atom stereocenters. The van der Waals surface area contributed by atoms with Crippen molar-refractivity contribution in [2.45, 2.75) is 6.43 Å². The molecule has 0 radical (unpaired) electrons. The molecule has 2 aromatic rings. The fraction of sp³-hybridized carbons (Fsp3) is 0.0769. The maximum Gasteiger partial charge on any atom is 0.265 e. The Morgan fingerprint density at radius 1 is 0.800 bits per heavy atom. The molecule has 0 saturated carbocycles. The summed E-state index contributed by atoms with van der Waals surface area (Å²) in [6.07, 6.45) is -2.87. The van der Waals surface area contributed by atoms with E-state index in [0.29, 0.717) is 6.07 Å². The Kier molecular flexibility index (Phi) is 4.75. The molecular weight excluding hydrogens is 355 g/mol. The topological polar surface area (TPSA) is 0 Å². The van der Waals surface area contributed by atoms with E-state index in [1.165, 1.54) is 12.1 Å². The summed E-state index contributed by atoms with van der Waals surface area (Å²) in [5, 5.41) is 0.0351. The summed E-state index contributed by atoms with van der Waals surface area (Å²) in [5.41, 5.74) is -0.381. The van der Waals surface area contributed by atoms with Gasteiger partial charge in [0.2, 0.25) is 0 Å². The largest absolute Gasteiger partial charge is 0.265 e. The molecule has 2 aromatic carbocycles. The average molecular weight is 360 g/mol. The zero-order chi connectivity index (χ0) is 15.0. The maximum absolute atomic E-state index is 14.0. The molecule has 0 bridgehead atoms. The molecule has 0 unspecified atom stereocenters. The van der Waals surface area contributed by atoms with E-state index in [1.807, 2.05) is 0 Å². The third-order valence-corrected chi connectivity index (χ3v) is 4.27. The lowest BCUT2D eigenvalue weighted by atomic mass is 10.0. The summed E-state index contributed by atoms with van der Waals surface area (Å²) in [6, 6.07) is 4.64. The van der Waals surface area contributed by atoms with Gasteiger partial charge in [-0.25, -0.2) is 13.2 Å². The Balaban J connectivity index is 2.65. The van der Waals surface area contributed by atoms with Crippen LogP contribution in [0.25, 0.3) is 11.1 Å². The summed E-state index contributed by atoms with van der Waals surface area (Å²) in [5.74, 6) is -0.870. The van der Waals surface area contributed by atoms with Crippen LogP contribution < -0.4 is 0 Å². The van der Waals surface area contributed by atoms with Crippen molar-refractivity contribution in [1.29, 1.82) is 0 Å². The second kappa shape index (κ2) is 6.02. The molecule has 106 valence electrons. The second-order valence-electron chi connectivity index (χ2n) is 3.88. The third kappa shape index (κ3) is 2.86. The van der Waals surface area contributed by atoms with E-state index < -0.39 is 17.8 Å². The first-order valence-corrected chi connectivity index (χ1v) is 6.75. The first-order chi connectivity index (χ1) is 9.32. The highest BCUT2D eigenvalue weighted by atomic mass is 35.5. The predicted molar refractivity (Wildman–Crippen MR) is 76.8 cm³/mol. The average Bonchev–Trinajstić information content (AvgIpc) is 2.38. The molecule has 0 aromatic heterocycles. The first-order valence-electron chi connectivity index (χ1n) is 5.24. The normalized spacial score (nSPS) is 11.2. The van der Waals surface area contributed by atoms with Gasteiger partial charge in [0.05, 0.1) is 20.1 Å². The molecule has 0 saturated heterocycles. The standard InChI is InChI=1S/C13H5Cl4F3/c14-8-2-1-5(11(16)12(8)17)6-3-9(15)7(13(19)20)4-10(6)18/h1-4,13H. The SMILES string of the molecule is Fc1cc(C(F)F)c(Cl)cc1-c1ccc(Cl)c(Cl)c1Cl. The van der Waals surface area contributed by atoms with Crippen LogP contribution in [-0.2, 0) is 0 Å². The van der Waals surface area contributed by atoms with Crippen LogP contribution in [0.15, 0.2) is 24.3 Å². The van der Waals surface area contributed by atoms with Gasteiger partial charge in [0.15, 0.2) is 0 Å². The van der Waals surface area contributed by atoms with E-state index in [4.69, 9.17) is 46.4 Å². The van der Waals surface area contributed by atoms with Gasteiger partial charge >= 0.3 is 0 Å². The van der Waals surface area contributed by atoms with Gasteiger partial charge < -0.3 is 0 Å². The highest BCUT2D eigenvalue weighted by molar-refractivity contribution is 6.49. The van der Waals surface area contributed by atoms with Crippen LogP contribution in [0.3, 0.4) is 0 Å². The quantitative estimate of drug-likeness (QED) is 0.504. The molecule has 0 heterocycles. The third-order valence-electron chi connectivity index (χ3n) is 2.65. The van der Waals surface area contributed by atoms with E-state index in [0.717, 1.165) is 6.07 Å². The lowest BCUT2D eigenvalue weighted by Gasteiger charge is -2.11.